The Morgan fingerprint density at radius 1 is 1.56 bits per heavy atom. The second kappa shape index (κ2) is 5.51. The molecule has 1 atom stereocenters. The fraction of sp³-hybridized carbons (Fsp3) is 0.417. The van der Waals surface area contributed by atoms with Crippen LogP contribution in [0.4, 0.5) is 0 Å². The minimum atomic E-state index is -0.593. The van der Waals surface area contributed by atoms with Crippen molar-refractivity contribution in [1.82, 2.24) is 0 Å². The van der Waals surface area contributed by atoms with E-state index in [0.717, 1.165) is 11.1 Å². The average Bonchev–Trinajstić information content (AvgIpc) is 2.16. The van der Waals surface area contributed by atoms with E-state index in [-0.39, 0.29) is 13.0 Å². The quantitative estimate of drug-likeness (QED) is 0.790. The van der Waals surface area contributed by atoms with Crippen LogP contribution >= 0.6 is 0 Å². The fourth-order valence-electron chi connectivity index (χ4n) is 1.37. The van der Waals surface area contributed by atoms with Crippen LogP contribution in [0.5, 0.6) is 5.75 Å². The van der Waals surface area contributed by atoms with Gasteiger partial charge < -0.3 is 15.6 Å². The summed E-state index contributed by atoms with van der Waals surface area (Å²) in [5, 5.41) is 9.53. The topological polar surface area (TPSA) is 72.6 Å². The van der Waals surface area contributed by atoms with Gasteiger partial charge in [-0.05, 0) is 25.5 Å². The standard InChI is InChI=1S/C12H17NO3/c1-8-3-4-10(9(2)14)11(7-8)16-6-5-12(13)15/h3-4,7,9,14H,5-6H2,1-2H3,(H2,13,15)/t9-/m0/s1. The lowest BCUT2D eigenvalue weighted by molar-refractivity contribution is -0.118. The van der Waals surface area contributed by atoms with E-state index in [1.165, 1.54) is 0 Å². The SMILES string of the molecule is Cc1ccc([C@H](C)O)c(OCCC(N)=O)c1. The van der Waals surface area contributed by atoms with E-state index in [4.69, 9.17) is 10.5 Å². The second-order valence-electron chi connectivity index (χ2n) is 3.78. The molecule has 0 spiro atoms. The van der Waals surface area contributed by atoms with Crippen LogP contribution in [0, 0.1) is 6.92 Å². The van der Waals surface area contributed by atoms with Crippen LogP contribution in [0.25, 0.3) is 0 Å². The lowest BCUT2D eigenvalue weighted by Gasteiger charge is -2.13. The van der Waals surface area contributed by atoms with Crippen LogP contribution in [0.2, 0.25) is 0 Å². The molecule has 0 aliphatic heterocycles. The number of amides is 1. The molecule has 1 aromatic carbocycles. The largest absolute Gasteiger partial charge is 0.493 e. The van der Waals surface area contributed by atoms with Crippen molar-refractivity contribution in [1.29, 1.82) is 0 Å². The lowest BCUT2D eigenvalue weighted by Crippen LogP contribution is -2.15. The molecule has 4 heteroatoms. The van der Waals surface area contributed by atoms with E-state index in [0.29, 0.717) is 5.75 Å². The molecule has 16 heavy (non-hydrogen) atoms. The molecule has 4 nitrogen and oxygen atoms in total. The highest BCUT2D eigenvalue weighted by atomic mass is 16.5. The van der Waals surface area contributed by atoms with Crippen LogP contribution < -0.4 is 10.5 Å². The van der Waals surface area contributed by atoms with Gasteiger partial charge in [0.2, 0.25) is 5.91 Å². The zero-order valence-corrected chi connectivity index (χ0v) is 9.56. The predicted molar refractivity (Wildman–Crippen MR) is 61.1 cm³/mol. The molecular formula is C12H17NO3. The first-order valence-corrected chi connectivity index (χ1v) is 5.20. The highest BCUT2D eigenvalue weighted by molar-refractivity contribution is 5.73. The van der Waals surface area contributed by atoms with Crippen molar-refractivity contribution < 1.29 is 14.6 Å². The van der Waals surface area contributed by atoms with E-state index in [9.17, 15) is 9.90 Å². The molecule has 3 N–H and O–H groups in total. The number of carbonyl (C=O) groups is 1. The molecule has 1 aromatic rings. The van der Waals surface area contributed by atoms with Crippen molar-refractivity contribution in [2.45, 2.75) is 26.4 Å². The highest BCUT2D eigenvalue weighted by Gasteiger charge is 2.09. The number of ether oxygens (including phenoxy) is 1. The maximum absolute atomic E-state index is 10.6. The molecule has 0 aliphatic carbocycles. The maximum Gasteiger partial charge on any atom is 0.220 e. The summed E-state index contributed by atoms with van der Waals surface area (Å²) in [5.41, 5.74) is 6.77. The number of primary amides is 1. The first kappa shape index (κ1) is 12.5. The van der Waals surface area contributed by atoms with Crippen molar-refractivity contribution >= 4 is 5.91 Å². The normalized spacial score (nSPS) is 12.2. The number of hydrogen-bond donors (Lipinski definition) is 2. The Balaban J connectivity index is 2.76. The van der Waals surface area contributed by atoms with Gasteiger partial charge in [-0.3, -0.25) is 4.79 Å². The number of benzene rings is 1. The number of rotatable bonds is 5. The summed E-state index contributed by atoms with van der Waals surface area (Å²) in [5.74, 6) is 0.211. The Morgan fingerprint density at radius 2 is 2.25 bits per heavy atom. The summed E-state index contributed by atoms with van der Waals surface area (Å²) < 4.78 is 5.43. The van der Waals surface area contributed by atoms with Crippen molar-refractivity contribution in [2.75, 3.05) is 6.61 Å². The van der Waals surface area contributed by atoms with Crippen LogP contribution in [0.1, 0.15) is 30.6 Å². The number of hydrogen-bond acceptors (Lipinski definition) is 3. The molecule has 0 heterocycles. The summed E-state index contributed by atoms with van der Waals surface area (Å²) in [6.07, 6.45) is -0.420. The number of nitrogens with two attached hydrogens (primary N) is 1. The molecule has 0 bridgehead atoms. The zero-order valence-electron chi connectivity index (χ0n) is 9.56. The molecule has 0 fully saturated rings. The number of aliphatic hydroxyl groups is 1. The predicted octanol–water partition coefficient (Wildman–Crippen LogP) is 1.30. The summed E-state index contributed by atoms with van der Waals surface area (Å²) in [4.78, 5) is 10.6. The first-order chi connectivity index (χ1) is 7.50. The molecule has 0 saturated heterocycles. The highest BCUT2D eigenvalue weighted by Crippen LogP contribution is 2.26. The van der Waals surface area contributed by atoms with E-state index >= 15 is 0 Å². The van der Waals surface area contributed by atoms with Gasteiger partial charge in [-0.1, -0.05) is 12.1 Å². The fourth-order valence-corrected chi connectivity index (χ4v) is 1.37. The molecule has 0 aromatic heterocycles. The lowest BCUT2D eigenvalue weighted by atomic mass is 10.1. The van der Waals surface area contributed by atoms with Gasteiger partial charge in [-0.2, -0.15) is 0 Å². The molecule has 0 unspecified atom stereocenters. The zero-order chi connectivity index (χ0) is 12.1. The Bertz CT molecular complexity index is 375. The number of aliphatic hydroxyl groups excluding tert-OH is 1. The summed E-state index contributed by atoms with van der Waals surface area (Å²) in [6, 6.07) is 5.56. The second-order valence-corrected chi connectivity index (χ2v) is 3.78. The Labute approximate surface area is 95.0 Å². The maximum atomic E-state index is 10.6. The van der Waals surface area contributed by atoms with Crippen molar-refractivity contribution in [3.05, 3.63) is 29.3 Å². The third-order valence-corrected chi connectivity index (χ3v) is 2.23. The van der Waals surface area contributed by atoms with Crippen molar-refractivity contribution in [2.24, 2.45) is 5.73 Å². The van der Waals surface area contributed by atoms with Gasteiger partial charge in [0.05, 0.1) is 19.1 Å². The Kier molecular flexibility index (Phi) is 4.31. The van der Waals surface area contributed by atoms with E-state index in [1.54, 1.807) is 6.92 Å². The molecule has 0 aliphatic rings. The van der Waals surface area contributed by atoms with E-state index in [2.05, 4.69) is 0 Å². The van der Waals surface area contributed by atoms with Gasteiger partial charge in [-0.25, -0.2) is 0 Å². The van der Waals surface area contributed by atoms with Crippen LogP contribution in [0.3, 0.4) is 0 Å². The molecule has 88 valence electrons. The van der Waals surface area contributed by atoms with Gasteiger partial charge in [0, 0.05) is 5.56 Å². The van der Waals surface area contributed by atoms with Crippen molar-refractivity contribution in [3.8, 4) is 5.75 Å². The average molecular weight is 223 g/mol. The van der Waals surface area contributed by atoms with Crippen LogP contribution in [-0.4, -0.2) is 17.6 Å². The monoisotopic (exact) mass is 223 g/mol. The summed E-state index contributed by atoms with van der Waals surface area (Å²) in [6.45, 7) is 3.84. The molecule has 0 radical (unpaired) electrons. The van der Waals surface area contributed by atoms with Gasteiger partial charge in [0.25, 0.3) is 0 Å². The number of carbonyl (C=O) groups excluding carboxylic acids is 1. The van der Waals surface area contributed by atoms with Gasteiger partial charge >= 0.3 is 0 Å². The number of aryl methyl sites for hydroxylation is 1. The van der Waals surface area contributed by atoms with Crippen LogP contribution in [-0.2, 0) is 4.79 Å². The van der Waals surface area contributed by atoms with E-state index < -0.39 is 12.0 Å². The summed E-state index contributed by atoms with van der Waals surface area (Å²) >= 11 is 0. The molecule has 1 rings (SSSR count). The Hall–Kier alpha value is -1.55. The Morgan fingerprint density at radius 3 is 2.81 bits per heavy atom. The van der Waals surface area contributed by atoms with E-state index in [1.807, 2.05) is 25.1 Å². The van der Waals surface area contributed by atoms with Crippen molar-refractivity contribution in [3.63, 3.8) is 0 Å². The molecule has 0 saturated carbocycles. The molecular weight excluding hydrogens is 206 g/mol. The van der Waals surface area contributed by atoms with Gasteiger partial charge in [0.15, 0.2) is 0 Å². The third kappa shape index (κ3) is 3.55. The minimum absolute atomic E-state index is 0.174. The summed E-state index contributed by atoms with van der Waals surface area (Å²) in [7, 11) is 0. The molecule has 1 amide bonds. The van der Waals surface area contributed by atoms with Crippen LogP contribution in [0.15, 0.2) is 18.2 Å². The first-order valence-electron chi connectivity index (χ1n) is 5.20. The third-order valence-electron chi connectivity index (χ3n) is 2.23. The minimum Gasteiger partial charge on any atom is -0.493 e. The van der Waals surface area contributed by atoms with Gasteiger partial charge in [-0.15, -0.1) is 0 Å². The smallest absolute Gasteiger partial charge is 0.220 e. The van der Waals surface area contributed by atoms with Gasteiger partial charge in [0.1, 0.15) is 5.75 Å².